The molecule has 0 aliphatic rings. The molecule has 1 N–H and O–H groups in total. The van der Waals surface area contributed by atoms with Gasteiger partial charge in [0.15, 0.2) is 5.78 Å². The van der Waals surface area contributed by atoms with Crippen LogP contribution in [0.15, 0.2) is 54.6 Å². The molecule has 0 heterocycles. The average Bonchev–Trinajstić information content (AvgIpc) is 2.83. The Balaban J connectivity index is 1.62. The number of carbonyl (C=O) groups excluding carboxylic acids is 3. The first-order chi connectivity index (χ1) is 17.1. The number of nitro benzene ring substituents is 1. The van der Waals surface area contributed by atoms with Crippen molar-refractivity contribution < 1.29 is 24.0 Å². The SMILES string of the molecule is Cc1cc(C)c(NC(=O)CCCOC(=O)c2ccccc2C(=O)c2ccc(Cl)c([N+](=O)[O-])c2)c(C)c1. The summed E-state index contributed by atoms with van der Waals surface area (Å²) in [5.74, 6) is -1.50. The smallest absolute Gasteiger partial charge is 0.338 e. The van der Waals surface area contributed by atoms with Gasteiger partial charge in [-0.05, 0) is 56.5 Å². The molecule has 3 rings (SSSR count). The van der Waals surface area contributed by atoms with E-state index in [1.807, 2.05) is 32.9 Å². The van der Waals surface area contributed by atoms with Gasteiger partial charge in [-0.25, -0.2) is 4.79 Å². The zero-order valence-corrected chi connectivity index (χ0v) is 20.8. The number of nitrogens with zero attached hydrogens (tertiary/aromatic N) is 1. The number of rotatable bonds is 9. The van der Waals surface area contributed by atoms with Gasteiger partial charge < -0.3 is 10.1 Å². The molecule has 36 heavy (non-hydrogen) atoms. The molecular weight excluding hydrogens is 484 g/mol. The van der Waals surface area contributed by atoms with Gasteiger partial charge in [-0.15, -0.1) is 0 Å². The summed E-state index contributed by atoms with van der Waals surface area (Å²) in [5.41, 5.74) is 3.51. The molecule has 0 bridgehead atoms. The minimum absolute atomic E-state index is 0.0183. The average molecular weight is 509 g/mol. The van der Waals surface area contributed by atoms with Crippen LogP contribution in [-0.4, -0.2) is 29.2 Å². The van der Waals surface area contributed by atoms with Crippen LogP contribution in [0.1, 0.15) is 55.8 Å². The van der Waals surface area contributed by atoms with Crippen LogP contribution in [-0.2, 0) is 9.53 Å². The number of benzene rings is 3. The zero-order chi connectivity index (χ0) is 26.4. The van der Waals surface area contributed by atoms with Gasteiger partial charge in [-0.3, -0.25) is 19.7 Å². The highest BCUT2D eigenvalue weighted by Gasteiger charge is 2.22. The molecule has 0 radical (unpaired) electrons. The largest absolute Gasteiger partial charge is 0.462 e. The Hall–Kier alpha value is -4.04. The molecule has 1 amide bonds. The summed E-state index contributed by atoms with van der Waals surface area (Å²) in [7, 11) is 0. The quantitative estimate of drug-likeness (QED) is 0.125. The molecule has 3 aromatic rings. The Morgan fingerprint density at radius 1 is 0.972 bits per heavy atom. The molecule has 0 saturated heterocycles. The van der Waals surface area contributed by atoms with Gasteiger partial charge in [0.05, 0.1) is 17.1 Å². The van der Waals surface area contributed by atoms with E-state index >= 15 is 0 Å². The molecule has 3 aromatic carbocycles. The summed E-state index contributed by atoms with van der Waals surface area (Å²) < 4.78 is 5.30. The Labute approximate surface area is 213 Å². The standard InChI is InChI=1S/C27H25ClN2O6/c1-16-13-17(2)25(18(3)14-16)29-24(31)9-6-12-36-27(33)21-8-5-4-7-20(21)26(32)19-10-11-22(28)23(15-19)30(34)35/h4-5,7-8,10-11,13-15H,6,9,12H2,1-3H3,(H,29,31). The van der Waals surface area contributed by atoms with Crippen LogP contribution in [0.2, 0.25) is 5.02 Å². The second-order valence-electron chi connectivity index (χ2n) is 8.36. The van der Waals surface area contributed by atoms with Crippen LogP contribution in [0.3, 0.4) is 0 Å². The predicted molar refractivity (Wildman–Crippen MR) is 137 cm³/mol. The van der Waals surface area contributed by atoms with E-state index in [-0.39, 0.29) is 40.6 Å². The number of ketones is 1. The van der Waals surface area contributed by atoms with E-state index in [4.69, 9.17) is 16.3 Å². The normalized spacial score (nSPS) is 10.6. The third kappa shape index (κ3) is 6.34. The zero-order valence-electron chi connectivity index (χ0n) is 20.1. The van der Waals surface area contributed by atoms with Crippen molar-refractivity contribution in [1.29, 1.82) is 0 Å². The summed E-state index contributed by atoms with van der Waals surface area (Å²) >= 11 is 5.83. The number of amides is 1. The maximum absolute atomic E-state index is 13.0. The minimum atomic E-state index is -0.729. The molecule has 0 aliphatic heterocycles. The molecule has 0 aliphatic carbocycles. The van der Waals surface area contributed by atoms with E-state index in [0.29, 0.717) is 6.42 Å². The van der Waals surface area contributed by atoms with E-state index < -0.39 is 22.4 Å². The first-order valence-corrected chi connectivity index (χ1v) is 11.6. The molecule has 0 fully saturated rings. The maximum Gasteiger partial charge on any atom is 0.338 e. The minimum Gasteiger partial charge on any atom is -0.462 e. The van der Waals surface area contributed by atoms with Crippen LogP contribution in [0.4, 0.5) is 11.4 Å². The summed E-state index contributed by atoms with van der Waals surface area (Å²) in [6.45, 7) is 5.83. The molecule has 0 spiro atoms. The Morgan fingerprint density at radius 3 is 2.25 bits per heavy atom. The molecule has 8 nitrogen and oxygen atoms in total. The van der Waals surface area contributed by atoms with Crippen molar-refractivity contribution >= 4 is 40.6 Å². The molecule has 0 aromatic heterocycles. The van der Waals surface area contributed by atoms with E-state index in [9.17, 15) is 24.5 Å². The van der Waals surface area contributed by atoms with Crippen molar-refractivity contribution in [2.75, 3.05) is 11.9 Å². The maximum atomic E-state index is 13.0. The number of carbonyl (C=O) groups is 3. The summed E-state index contributed by atoms with van der Waals surface area (Å²) in [5, 5.41) is 14.0. The highest BCUT2D eigenvalue weighted by atomic mass is 35.5. The highest BCUT2D eigenvalue weighted by Crippen LogP contribution is 2.27. The fraction of sp³-hybridized carbons (Fsp3) is 0.222. The monoisotopic (exact) mass is 508 g/mol. The van der Waals surface area contributed by atoms with Crippen LogP contribution in [0.25, 0.3) is 0 Å². The number of halogens is 1. The van der Waals surface area contributed by atoms with E-state index in [2.05, 4.69) is 5.32 Å². The van der Waals surface area contributed by atoms with Crippen LogP contribution in [0.5, 0.6) is 0 Å². The predicted octanol–water partition coefficient (Wildman–Crippen LogP) is 5.98. The number of esters is 1. The molecule has 186 valence electrons. The first-order valence-electron chi connectivity index (χ1n) is 11.2. The third-order valence-electron chi connectivity index (χ3n) is 5.52. The van der Waals surface area contributed by atoms with E-state index in [1.165, 1.54) is 24.3 Å². The fourth-order valence-corrected chi connectivity index (χ4v) is 4.05. The van der Waals surface area contributed by atoms with Crippen molar-refractivity contribution in [3.63, 3.8) is 0 Å². The molecule has 0 unspecified atom stereocenters. The lowest BCUT2D eigenvalue weighted by Gasteiger charge is -2.13. The van der Waals surface area contributed by atoms with Gasteiger partial charge in [-0.2, -0.15) is 0 Å². The number of ether oxygens (including phenoxy) is 1. The topological polar surface area (TPSA) is 116 Å². The lowest BCUT2D eigenvalue weighted by atomic mass is 9.98. The van der Waals surface area contributed by atoms with Crippen molar-refractivity contribution in [3.8, 4) is 0 Å². The molecule has 9 heteroatoms. The number of nitrogens with one attached hydrogen (secondary N) is 1. The van der Waals surface area contributed by atoms with Gasteiger partial charge >= 0.3 is 5.97 Å². The summed E-state index contributed by atoms with van der Waals surface area (Å²) in [4.78, 5) is 48.5. The molecule has 0 atom stereocenters. The van der Waals surface area contributed by atoms with Crippen molar-refractivity contribution in [2.24, 2.45) is 0 Å². The molecular formula is C27H25ClN2O6. The van der Waals surface area contributed by atoms with Crippen LogP contribution < -0.4 is 5.32 Å². The van der Waals surface area contributed by atoms with E-state index in [1.54, 1.807) is 12.1 Å². The molecule has 0 saturated carbocycles. The number of nitro groups is 1. The lowest BCUT2D eigenvalue weighted by Crippen LogP contribution is -2.16. The van der Waals surface area contributed by atoms with E-state index in [0.717, 1.165) is 28.4 Å². The number of hydrogen-bond acceptors (Lipinski definition) is 6. The number of aryl methyl sites for hydroxylation is 3. The van der Waals surface area contributed by atoms with Crippen molar-refractivity contribution in [3.05, 3.63) is 103 Å². The lowest BCUT2D eigenvalue weighted by molar-refractivity contribution is -0.384. The van der Waals surface area contributed by atoms with Gasteiger partial charge in [-0.1, -0.05) is 47.5 Å². The Morgan fingerprint density at radius 2 is 1.61 bits per heavy atom. The van der Waals surface area contributed by atoms with Gasteiger partial charge in [0.1, 0.15) is 5.02 Å². The highest BCUT2D eigenvalue weighted by molar-refractivity contribution is 6.33. The third-order valence-corrected chi connectivity index (χ3v) is 5.84. The van der Waals surface area contributed by atoms with Gasteiger partial charge in [0.25, 0.3) is 5.69 Å². The van der Waals surface area contributed by atoms with Crippen LogP contribution >= 0.6 is 11.6 Å². The Bertz CT molecular complexity index is 1330. The second kappa shape index (κ2) is 11.6. The van der Waals surface area contributed by atoms with Crippen molar-refractivity contribution in [1.82, 2.24) is 0 Å². The fourth-order valence-electron chi connectivity index (χ4n) is 3.86. The van der Waals surface area contributed by atoms with Gasteiger partial charge in [0.2, 0.25) is 5.91 Å². The van der Waals surface area contributed by atoms with Gasteiger partial charge in [0, 0.05) is 29.3 Å². The summed E-state index contributed by atoms with van der Waals surface area (Å²) in [6, 6.07) is 13.7. The second-order valence-corrected chi connectivity index (χ2v) is 8.77. The Kier molecular flexibility index (Phi) is 8.55. The van der Waals surface area contributed by atoms with Crippen molar-refractivity contribution in [2.45, 2.75) is 33.6 Å². The first kappa shape index (κ1) is 26.6. The number of anilines is 1. The summed E-state index contributed by atoms with van der Waals surface area (Å²) in [6.07, 6.45) is 0.441. The van der Waals surface area contributed by atoms with Crippen LogP contribution in [0, 0.1) is 30.9 Å². The number of hydrogen-bond donors (Lipinski definition) is 1.